The third kappa shape index (κ3) is 4.85. The zero-order chi connectivity index (χ0) is 11.1. The maximum absolute atomic E-state index is 11.3. The fourth-order valence-corrected chi connectivity index (χ4v) is 1.67. The molecule has 0 spiro atoms. The number of aryl methyl sites for hydroxylation is 1. The van der Waals surface area contributed by atoms with Crippen molar-refractivity contribution in [2.75, 3.05) is 23.4 Å². The number of hydrogen-bond acceptors (Lipinski definition) is 5. The Morgan fingerprint density at radius 1 is 1.73 bits per heavy atom. The fourth-order valence-electron chi connectivity index (χ4n) is 0.936. The van der Waals surface area contributed by atoms with E-state index in [0.717, 1.165) is 5.75 Å². The molecule has 0 radical (unpaired) electrons. The van der Waals surface area contributed by atoms with Crippen molar-refractivity contribution in [2.45, 2.75) is 13.3 Å². The summed E-state index contributed by atoms with van der Waals surface area (Å²) in [4.78, 5) is 11.3. The van der Waals surface area contributed by atoms with Gasteiger partial charge < -0.3 is 14.9 Å². The highest BCUT2D eigenvalue weighted by Crippen LogP contribution is 2.08. The second kappa shape index (κ2) is 6.47. The minimum atomic E-state index is -0.105. The summed E-state index contributed by atoms with van der Waals surface area (Å²) in [5, 5.41) is 14.8. The van der Waals surface area contributed by atoms with Crippen molar-refractivity contribution in [1.82, 2.24) is 5.16 Å². The molecule has 0 bridgehead atoms. The summed E-state index contributed by atoms with van der Waals surface area (Å²) in [7, 11) is 0. The van der Waals surface area contributed by atoms with Gasteiger partial charge in [0, 0.05) is 12.7 Å². The number of carbonyl (C=O) groups excluding carboxylic acids is 1. The molecule has 1 rings (SSSR count). The molecule has 0 aliphatic rings. The van der Waals surface area contributed by atoms with Crippen LogP contribution in [-0.2, 0) is 4.79 Å². The lowest BCUT2D eigenvalue weighted by Gasteiger charge is -2.00. The molecule has 0 atom stereocenters. The van der Waals surface area contributed by atoms with Gasteiger partial charge in [0.05, 0.1) is 5.75 Å². The number of nitrogens with zero attached hydrogens (tertiary/aromatic N) is 1. The van der Waals surface area contributed by atoms with E-state index in [0.29, 0.717) is 23.8 Å². The van der Waals surface area contributed by atoms with Crippen LogP contribution in [0.4, 0.5) is 5.82 Å². The van der Waals surface area contributed by atoms with Crippen LogP contribution in [0.25, 0.3) is 0 Å². The Morgan fingerprint density at radius 3 is 3.13 bits per heavy atom. The lowest BCUT2D eigenvalue weighted by molar-refractivity contribution is -0.113. The van der Waals surface area contributed by atoms with Gasteiger partial charge in [-0.05, 0) is 19.1 Å². The number of amides is 1. The predicted molar refractivity (Wildman–Crippen MR) is 58.9 cm³/mol. The molecular formula is C9H14N2O3S. The number of aliphatic hydroxyl groups is 1. The van der Waals surface area contributed by atoms with Crippen molar-refractivity contribution in [1.29, 1.82) is 0 Å². The zero-order valence-electron chi connectivity index (χ0n) is 8.52. The van der Waals surface area contributed by atoms with Crippen LogP contribution in [0.3, 0.4) is 0 Å². The van der Waals surface area contributed by atoms with Crippen LogP contribution < -0.4 is 5.32 Å². The monoisotopic (exact) mass is 230 g/mol. The summed E-state index contributed by atoms with van der Waals surface area (Å²) in [5.74, 6) is 2.15. The minimum absolute atomic E-state index is 0.105. The first-order valence-corrected chi connectivity index (χ1v) is 5.79. The number of hydrogen-bond donors (Lipinski definition) is 2. The number of thioether (sulfide) groups is 1. The third-order valence-corrected chi connectivity index (χ3v) is 2.62. The normalized spacial score (nSPS) is 10.3. The lowest BCUT2D eigenvalue weighted by atomic mass is 10.5. The van der Waals surface area contributed by atoms with E-state index in [1.165, 1.54) is 11.8 Å². The van der Waals surface area contributed by atoms with Crippen molar-refractivity contribution < 1.29 is 14.4 Å². The summed E-state index contributed by atoms with van der Waals surface area (Å²) in [6.45, 7) is 1.93. The molecule has 1 aromatic heterocycles. The van der Waals surface area contributed by atoms with Gasteiger partial charge in [0.25, 0.3) is 0 Å². The summed E-state index contributed by atoms with van der Waals surface area (Å²) in [5.41, 5.74) is 0. The number of aliphatic hydroxyl groups excluding tert-OH is 1. The molecule has 0 aliphatic carbocycles. The molecule has 1 aromatic rings. The quantitative estimate of drug-likeness (QED) is 0.714. The Labute approximate surface area is 92.2 Å². The van der Waals surface area contributed by atoms with E-state index in [2.05, 4.69) is 10.5 Å². The van der Waals surface area contributed by atoms with Gasteiger partial charge in [-0.25, -0.2) is 0 Å². The van der Waals surface area contributed by atoms with Gasteiger partial charge in [-0.2, -0.15) is 11.8 Å². The maximum atomic E-state index is 11.3. The summed E-state index contributed by atoms with van der Waals surface area (Å²) >= 11 is 1.48. The molecule has 0 saturated carbocycles. The highest BCUT2D eigenvalue weighted by molar-refractivity contribution is 7.99. The van der Waals surface area contributed by atoms with Gasteiger partial charge in [0.15, 0.2) is 5.82 Å². The molecule has 0 aromatic carbocycles. The van der Waals surface area contributed by atoms with Gasteiger partial charge >= 0.3 is 0 Å². The second-order valence-corrected chi connectivity index (χ2v) is 4.11. The molecule has 5 nitrogen and oxygen atoms in total. The van der Waals surface area contributed by atoms with Crippen molar-refractivity contribution in [3.8, 4) is 0 Å². The van der Waals surface area contributed by atoms with Crippen molar-refractivity contribution in [3.05, 3.63) is 11.8 Å². The van der Waals surface area contributed by atoms with Crippen LogP contribution >= 0.6 is 11.8 Å². The number of anilines is 1. The van der Waals surface area contributed by atoms with Gasteiger partial charge in [-0.3, -0.25) is 4.79 Å². The Morgan fingerprint density at radius 2 is 2.53 bits per heavy atom. The Bertz CT molecular complexity index is 314. The molecule has 6 heteroatoms. The molecule has 0 aliphatic heterocycles. The van der Waals surface area contributed by atoms with Gasteiger partial charge in [0.1, 0.15) is 5.76 Å². The van der Waals surface area contributed by atoms with Crippen LogP contribution in [-0.4, -0.2) is 34.3 Å². The van der Waals surface area contributed by atoms with E-state index in [1.807, 2.05) is 0 Å². The van der Waals surface area contributed by atoms with E-state index in [-0.39, 0.29) is 12.5 Å². The van der Waals surface area contributed by atoms with E-state index < -0.39 is 0 Å². The van der Waals surface area contributed by atoms with Crippen LogP contribution in [0.5, 0.6) is 0 Å². The molecule has 0 fully saturated rings. The molecule has 1 amide bonds. The molecule has 2 N–H and O–H groups in total. The first kappa shape index (κ1) is 12.1. The molecule has 0 unspecified atom stereocenters. The molecular weight excluding hydrogens is 216 g/mol. The van der Waals surface area contributed by atoms with Gasteiger partial charge in [-0.15, -0.1) is 0 Å². The first-order chi connectivity index (χ1) is 7.22. The van der Waals surface area contributed by atoms with Gasteiger partial charge in [-0.1, -0.05) is 5.16 Å². The smallest absolute Gasteiger partial charge is 0.235 e. The lowest BCUT2D eigenvalue weighted by Crippen LogP contribution is -2.14. The zero-order valence-corrected chi connectivity index (χ0v) is 9.34. The highest BCUT2D eigenvalue weighted by Gasteiger charge is 2.05. The van der Waals surface area contributed by atoms with Gasteiger partial charge in [0.2, 0.25) is 5.91 Å². The molecule has 84 valence electrons. The minimum Gasteiger partial charge on any atom is -0.396 e. The number of carbonyl (C=O) groups is 1. The van der Waals surface area contributed by atoms with Crippen LogP contribution in [0.15, 0.2) is 10.6 Å². The number of rotatable bonds is 6. The van der Waals surface area contributed by atoms with Crippen LogP contribution in [0.1, 0.15) is 12.2 Å². The van der Waals surface area contributed by atoms with E-state index >= 15 is 0 Å². The van der Waals surface area contributed by atoms with Crippen molar-refractivity contribution in [2.24, 2.45) is 0 Å². The SMILES string of the molecule is Cc1cc(NC(=O)CSCCCO)no1. The molecule has 1 heterocycles. The van der Waals surface area contributed by atoms with E-state index in [4.69, 9.17) is 9.63 Å². The topological polar surface area (TPSA) is 75.4 Å². The molecule has 15 heavy (non-hydrogen) atoms. The summed E-state index contributed by atoms with van der Waals surface area (Å²) in [6.07, 6.45) is 0.709. The average Bonchev–Trinajstić information content (AvgIpc) is 2.59. The Hall–Kier alpha value is -1.01. The van der Waals surface area contributed by atoms with E-state index in [9.17, 15) is 4.79 Å². The van der Waals surface area contributed by atoms with Crippen LogP contribution in [0, 0.1) is 6.92 Å². The summed E-state index contributed by atoms with van der Waals surface area (Å²) < 4.78 is 4.80. The van der Waals surface area contributed by atoms with Crippen molar-refractivity contribution in [3.63, 3.8) is 0 Å². The first-order valence-electron chi connectivity index (χ1n) is 4.64. The summed E-state index contributed by atoms with van der Waals surface area (Å²) in [6, 6.07) is 1.66. The fraction of sp³-hybridized carbons (Fsp3) is 0.556. The maximum Gasteiger partial charge on any atom is 0.235 e. The number of nitrogens with one attached hydrogen (secondary N) is 1. The van der Waals surface area contributed by atoms with Crippen molar-refractivity contribution >= 4 is 23.5 Å². The predicted octanol–water partition coefficient (Wildman–Crippen LogP) is 1.04. The van der Waals surface area contributed by atoms with E-state index in [1.54, 1.807) is 13.0 Å². The van der Waals surface area contributed by atoms with Crippen LogP contribution in [0.2, 0.25) is 0 Å². The largest absolute Gasteiger partial charge is 0.396 e. The third-order valence-electron chi connectivity index (χ3n) is 1.58. The number of aromatic nitrogens is 1. The molecule has 0 saturated heterocycles. The average molecular weight is 230 g/mol. The highest BCUT2D eigenvalue weighted by atomic mass is 32.2. The standard InChI is InChI=1S/C9H14N2O3S/c1-7-5-8(11-14-7)10-9(13)6-15-4-2-3-12/h5,12H,2-4,6H2,1H3,(H,10,11,13). The Kier molecular flexibility index (Phi) is 5.20. The second-order valence-electron chi connectivity index (χ2n) is 3.00. The Balaban J connectivity index is 2.18.